The largest absolute Gasteiger partial charge is 0.492 e. The van der Waals surface area contributed by atoms with Crippen LogP contribution >= 0.6 is 0 Å². The maximum absolute atomic E-state index is 11.1. The van der Waals surface area contributed by atoms with Gasteiger partial charge >= 0.3 is 0 Å². The average Bonchev–Trinajstić information content (AvgIpc) is 2.58. The molecule has 1 heterocycles. The second-order valence-electron chi connectivity index (χ2n) is 5.63. The van der Waals surface area contributed by atoms with Gasteiger partial charge in [-0.3, -0.25) is 4.79 Å². The van der Waals surface area contributed by atoms with Gasteiger partial charge in [-0.05, 0) is 31.2 Å². The minimum atomic E-state index is -0.107. The third-order valence-electron chi connectivity index (χ3n) is 3.56. The van der Waals surface area contributed by atoms with Crippen molar-refractivity contribution in [2.24, 2.45) is 0 Å². The maximum Gasteiger partial charge on any atom is 0.221 e. The fourth-order valence-electron chi connectivity index (χ4n) is 2.46. The fourth-order valence-corrected chi connectivity index (χ4v) is 2.46. The molecule has 3 rings (SSSR count). The van der Waals surface area contributed by atoms with Crippen LogP contribution in [-0.4, -0.2) is 29.0 Å². The molecule has 0 saturated heterocycles. The van der Waals surface area contributed by atoms with E-state index in [1.807, 2.05) is 49.4 Å². The highest BCUT2D eigenvalue weighted by Crippen LogP contribution is 2.18. The summed E-state index contributed by atoms with van der Waals surface area (Å²) in [6, 6.07) is 15.1. The fraction of sp³-hybridized carbons (Fsp3) is 0.211. The third-order valence-corrected chi connectivity index (χ3v) is 3.56. The van der Waals surface area contributed by atoms with Crippen LogP contribution in [-0.2, 0) is 4.79 Å². The molecule has 25 heavy (non-hydrogen) atoms. The lowest BCUT2D eigenvalue weighted by molar-refractivity contribution is -0.114. The number of carbonyl (C=O) groups is 1. The highest BCUT2D eigenvalue weighted by molar-refractivity contribution is 5.88. The molecule has 0 radical (unpaired) electrons. The molecule has 2 aromatic carbocycles. The first-order chi connectivity index (χ1) is 12.1. The molecule has 0 fully saturated rings. The van der Waals surface area contributed by atoms with E-state index in [1.54, 1.807) is 6.07 Å². The number of aromatic nitrogens is 2. The van der Waals surface area contributed by atoms with Crippen molar-refractivity contribution in [2.45, 2.75) is 13.8 Å². The Hall–Kier alpha value is -3.15. The zero-order chi connectivity index (χ0) is 17.6. The summed E-state index contributed by atoms with van der Waals surface area (Å²) in [6.45, 7) is 4.47. The summed E-state index contributed by atoms with van der Waals surface area (Å²) in [5.41, 5.74) is 3.32. The second kappa shape index (κ2) is 7.61. The average molecular weight is 336 g/mol. The van der Waals surface area contributed by atoms with E-state index in [-0.39, 0.29) is 5.91 Å². The molecule has 0 aliphatic heterocycles. The molecular weight excluding hydrogens is 316 g/mol. The minimum absolute atomic E-state index is 0.107. The quantitative estimate of drug-likeness (QED) is 0.675. The summed E-state index contributed by atoms with van der Waals surface area (Å²) < 4.78 is 5.72. The second-order valence-corrected chi connectivity index (χ2v) is 5.63. The molecule has 0 bridgehead atoms. The van der Waals surface area contributed by atoms with Crippen LogP contribution in [0.2, 0.25) is 0 Å². The molecule has 1 aromatic heterocycles. The summed E-state index contributed by atoms with van der Waals surface area (Å²) in [7, 11) is 0. The highest BCUT2D eigenvalue weighted by Gasteiger charge is 2.04. The molecule has 0 aliphatic rings. The van der Waals surface area contributed by atoms with E-state index >= 15 is 0 Å². The standard InChI is InChI=1S/C19H20N4O2/c1-13-19(23-18-9-4-3-8-17(18)21-13)20-10-11-25-16-7-5-6-15(12-16)22-14(2)24/h3-9,12H,10-11H2,1-2H3,(H,20,23)(H,22,24). The number of fused-ring (bicyclic) bond motifs is 1. The smallest absolute Gasteiger partial charge is 0.221 e. The third kappa shape index (κ3) is 4.44. The molecule has 0 atom stereocenters. The van der Waals surface area contributed by atoms with Crippen LogP contribution in [0.25, 0.3) is 11.0 Å². The van der Waals surface area contributed by atoms with Crippen LogP contribution in [0.5, 0.6) is 5.75 Å². The Morgan fingerprint density at radius 2 is 1.84 bits per heavy atom. The van der Waals surface area contributed by atoms with Crippen molar-refractivity contribution >= 4 is 28.4 Å². The lowest BCUT2D eigenvalue weighted by atomic mass is 10.3. The number of aryl methyl sites for hydroxylation is 1. The lowest BCUT2D eigenvalue weighted by Gasteiger charge is -2.11. The number of para-hydroxylation sites is 2. The predicted molar refractivity (Wildman–Crippen MR) is 99.0 cm³/mol. The summed E-state index contributed by atoms with van der Waals surface area (Å²) in [5, 5.41) is 5.99. The van der Waals surface area contributed by atoms with Crippen molar-refractivity contribution < 1.29 is 9.53 Å². The van der Waals surface area contributed by atoms with E-state index < -0.39 is 0 Å². The van der Waals surface area contributed by atoms with Crippen molar-refractivity contribution in [2.75, 3.05) is 23.8 Å². The zero-order valence-electron chi connectivity index (χ0n) is 14.2. The Morgan fingerprint density at radius 3 is 2.60 bits per heavy atom. The molecule has 0 saturated carbocycles. The summed E-state index contributed by atoms with van der Waals surface area (Å²) in [6.07, 6.45) is 0. The zero-order valence-corrected chi connectivity index (χ0v) is 14.2. The number of anilines is 2. The van der Waals surface area contributed by atoms with Gasteiger partial charge in [0.15, 0.2) is 0 Å². The number of nitrogens with one attached hydrogen (secondary N) is 2. The number of nitrogens with zero attached hydrogens (tertiary/aromatic N) is 2. The molecule has 3 aromatic rings. The Bertz CT molecular complexity index is 895. The maximum atomic E-state index is 11.1. The van der Waals surface area contributed by atoms with Crippen molar-refractivity contribution in [3.8, 4) is 5.75 Å². The Morgan fingerprint density at radius 1 is 1.08 bits per heavy atom. The first-order valence-corrected chi connectivity index (χ1v) is 8.09. The number of amides is 1. The van der Waals surface area contributed by atoms with Crippen molar-refractivity contribution in [1.82, 2.24) is 9.97 Å². The van der Waals surface area contributed by atoms with Crippen molar-refractivity contribution in [1.29, 1.82) is 0 Å². The molecule has 128 valence electrons. The van der Waals surface area contributed by atoms with Gasteiger partial charge in [-0.25, -0.2) is 9.97 Å². The lowest BCUT2D eigenvalue weighted by Crippen LogP contribution is -2.14. The van der Waals surface area contributed by atoms with Gasteiger partial charge in [0.25, 0.3) is 0 Å². The van der Waals surface area contributed by atoms with E-state index in [2.05, 4.69) is 20.6 Å². The van der Waals surface area contributed by atoms with E-state index in [9.17, 15) is 4.79 Å². The molecular formula is C19H20N4O2. The van der Waals surface area contributed by atoms with Gasteiger partial charge in [-0.1, -0.05) is 18.2 Å². The molecule has 0 spiro atoms. The predicted octanol–water partition coefficient (Wildman–Crippen LogP) is 3.39. The Balaban J connectivity index is 1.57. The minimum Gasteiger partial charge on any atom is -0.492 e. The molecule has 2 N–H and O–H groups in total. The molecule has 0 unspecified atom stereocenters. The van der Waals surface area contributed by atoms with Gasteiger partial charge in [0.1, 0.15) is 18.2 Å². The monoisotopic (exact) mass is 336 g/mol. The van der Waals surface area contributed by atoms with Crippen LogP contribution in [0.1, 0.15) is 12.6 Å². The van der Waals surface area contributed by atoms with Gasteiger partial charge < -0.3 is 15.4 Å². The normalized spacial score (nSPS) is 10.5. The highest BCUT2D eigenvalue weighted by atomic mass is 16.5. The first-order valence-electron chi connectivity index (χ1n) is 8.09. The molecule has 6 heteroatoms. The van der Waals surface area contributed by atoms with Gasteiger partial charge in [-0.2, -0.15) is 0 Å². The number of rotatable bonds is 6. The topological polar surface area (TPSA) is 76.1 Å². The number of benzene rings is 2. The molecule has 1 amide bonds. The van der Waals surface area contributed by atoms with E-state index in [0.29, 0.717) is 24.6 Å². The molecule has 0 aliphatic carbocycles. The summed E-state index contributed by atoms with van der Waals surface area (Å²) >= 11 is 0. The van der Waals surface area contributed by atoms with Gasteiger partial charge in [-0.15, -0.1) is 0 Å². The van der Waals surface area contributed by atoms with Crippen LogP contribution in [0.15, 0.2) is 48.5 Å². The SMILES string of the molecule is CC(=O)Nc1cccc(OCCNc2nc3ccccc3nc2C)c1. The number of ether oxygens (including phenoxy) is 1. The van der Waals surface area contributed by atoms with E-state index in [4.69, 9.17) is 4.74 Å². The Kier molecular flexibility index (Phi) is 5.09. The first kappa shape index (κ1) is 16.7. The van der Waals surface area contributed by atoms with Crippen LogP contribution in [0, 0.1) is 6.92 Å². The van der Waals surface area contributed by atoms with Crippen LogP contribution in [0.4, 0.5) is 11.5 Å². The van der Waals surface area contributed by atoms with Crippen LogP contribution < -0.4 is 15.4 Å². The number of carbonyl (C=O) groups excluding carboxylic acids is 1. The van der Waals surface area contributed by atoms with E-state index in [1.165, 1.54) is 6.92 Å². The van der Waals surface area contributed by atoms with Crippen LogP contribution in [0.3, 0.4) is 0 Å². The summed E-state index contributed by atoms with van der Waals surface area (Å²) in [5.74, 6) is 1.35. The van der Waals surface area contributed by atoms with Gasteiger partial charge in [0.2, 0.25) is 5.91 Å². The van der Waals surface area contributed by atoms with Crippen molar-refractivity contribution in [3.63, 3.8) is 0 Å². The van der Waals surface area contributed by atoms with Crippen molar-refractivity contribution in [3.05, 3.63) is 54.2 Å². The van der Waals surface area contributed by atoms with Gasteiger partial charge in [0, 0.05) is 18.7 Å². The number of hydrogen-bond acceptors (Lipinski definition) is 5. The Labute approximate surface area is 146 Å². The van der Waals surface area contributed by atoms with Gasteiger partial charge in [0.05, 0.1) is 23.3 Å². The molecule has 6 nitrogen and oxygen atoms in total. The number of hydrogen-bond donors (Lipinski definition) is 2. The van der Waals surface area contributed by atoms with E-state index in [0.717, 1.165) is 22.5 Å². The summed E-state index contributed by atoms with van der Waals surface area (Å²) in [4.78, 5) is 20.2.